The number of carboxylic acids is 1. The molecule has 0 aliphatic heterocycles. The zero-order chi connectivity index (χ0) is 39.3. The van der Waals surface area contributed by atoms with Gasteiger partial charge in [-0.3, -0.25) is 24.2 Å². The molecule has 0 aliphatic rings. The van der Waals surface area contributed by atoms with E-state index in [-0.39, 0.29) is 38.2 Å². The molecular formula is C40H54N8O6. The van der Waals surface area contributed by atoms with Crippen LogP contribution in [0.4, 0.5) is 0 Å². The summed E-state index contributed by atoms with van der Waals surface area (Å²) in [6, 6.07) is 21.1. The minimum atomic E-state index is -1.30. The summed E-state index contributed by atoms with van der Waals surface area (Å²) < 4.78 is 0. The number of carbonyl (C=O) groups is 5. The summed E-state index contributed by atoms with van der Waals surface area (Å²) in [5.41, 5.74) is 19.7. The molecule has 11 N–H and O–H groups in total. The van der Waals surface area contributed by atoms with Crippen molar-refractivity contribution in [3.63, 3.8) is 0 Å². The number of amides is 4. The molecule has 14 nitrogen and oxygen atoms in total. The number of guanidine groups is 1. The van der Waals surface area contributed by atoms with Gasteiger partial charge in [0.2, 0.25) is 17.7 Å². The van der Waals surface area contributed by atoms with E-state index in [1.165, 1.54) is 0 Å². The quantitative estimate of drug-likeness (QED) is 0.0404. The average Bonchev–Trinajstić information content (AvgIpc) is 3.17. The number of aliphatic imine (C=N–C) groups is 1. The van der Waals surface area contributed by atoms with E-state index < -0.39 is 53.8 Å². The molecule has 0 radical (unpaired) electrons. The lowest BCUT2D eigenvalue weighted by molar-refractivity contribution is -0.142. The molecule has 14 heteroatoms. The van der Waals surface area contributed by atoms with Gasteiger partial charge >= 0.3 is 5.97 Å². The maximum Gasteiger partial charge on any atom is 0.326 e. The highest BCUT2D eigenvalue weighted by atomic mass is 16.4. The molecule has 0 spiro atoms. The first-order valence-corrected chi connectivity index (χ1v) is 18.4. The van der Waals surface area contributed by atoms with Crippen molar-refractivity contribution in [3.8, 4) is 11.1 Å². The fourth-order valence-corrected chi connectivity index (χ4v) is 5.76. The molecule has 4 atom stereocenters. The van der Waals surface area contributed by atoms with Gasteiger partial charge in [0, 0.05) is 18.5 Å². The van der Waals surface area contributed by atoms with Crippen molar-refractivity contribution in [2.75, 3.05) is 13.1 Å². The monoisotopic (exact) mass is 742 g/mol. The van der Waals surface area contributed by atoms with Crippen molar-refractivity contribution >= 4 is 35.6 Å². The predicted octanol–water partition coefficient (Wildman–Crippen LogP) is 2.61. The molecule has 0 unspecified atom stereocenters. The molecule has 54 heavy (non-hydrogen) atoms. The van der Waals surface area contributed by atoms with Crippen LogP contribution >= 0.6 is 0 Å². The first kappa shape index (κ1) is 42.7. The van der Waals surface area contributed by atoms with Gasteiger partial charge in [-0.25, -0.2) is 4.79 Å². The molecule has 0 fully saturated rings. The molecule has 0 heterocycles. The Kier molecular flexibility index (Phi) is 18.2. The van der Waals surface area contributed by atoms with Crippen LogP contribution in [0.25, 0.3) is 11.1 Å². The normalized spacial score (nSPS) is 13.0. The molecule has 0 aromatic heterocycles. The van der Waals surface area contributed by atoms with Crippen molar-refractivity contribution in [1.29, 1.82) is 0 Å². The van der Waals surface area contributed by atoms with Crippen LogP contribution in [0.3, 0.4) is 0 Å². The lowest BCUT2D eigenvalue weighted by Crippen LogP contribution is -2.58. The zero-order valence-corrected chi connectivity index (χ0v) is 30.8. The second-order valence-corrected chi connectivity index (χ2v) is 13.1. The third-order valence-electron chi connectivity index (χ3n) is 8.78. The molecule has 0 aliphatic carbocycles. The lowest BCUT2D eigenvalue weighted by Gasteiger charge is -2.26. The maximum absolute atomic E-state index is 13.9. The summed E-state index contributed by atoms with van der Waals surface area (Å²) >= 11 is 0. The standard InChI is InChI=1S/C40H54N8O6/c1-2-3-17-31(45-35(49)30-15-8-5-9-16-30)36(50)46-32(18-10-11-24-41)37(51)47-33(19-12-25-44-40(42)43)38(52)48-34(39(53)54)26-27-20-22-29(23-21-27)28-13-6-4-7-14-28/h4-9,13-16,20-23,31-34H,2-3,10-12,17-19,24-26,41H2,1H3,(H,45,49)(H,46,50)(H,47,51)(H,48,52)(H,53,54)(H4,42,43,44)/t31-,32-,33-,34-/m0/s1. The average molecular weight is 743 g/mol. The van der Waals surface area contributed by atoms with E-state index in [9.17, 15) is 29.1 Å². The Morgan fingerprint density at radius 1 is 0.630 bits per heavy atom. The van der Waals surface area contributed by atoms with Crippen LogP contribution < -0.4 is 38.5 Å². The summed E-state index contributed by atoms with van der Waals surface area (Å²) in [4.78, 5) is 70.5. The second-order valence-electron chi connectivity index (χ2n) is 13.1. The molecule has 0 saturated heterocycles. The van der Waals surface area contributed by atoms with Gasteiger partial charge in [0.1, 0.15) is 24.2 Å². The smallest absolute Gasteiger partial charge is 0.326 e. The van der Waals surface area contributed by atoms with Gasteiger partial charge in [0.15, 0.2) is 5.96 Å². The Hall–Kier alpha value is -5.76. The van der Waals surface area contributed by atoms with Crippen LogP contribution in [0.15, 0.2) is 89.9 Å². The summed E-state index contributed by atoms with van der Waals surface area (Å²) in [6.45, 7) is 2.50. The van der Waals surface area contributed by atoms with E-state index in [0.29, 0.717) is 43.4 Å². The molecule has 0 saturated carbocycles. The molecule has 3 rings (SSSR count). The minimum Gasteiger partial charge on any atom is -0.480 e. The van der Waals surface area contributed by atoms with E-state index in [1.807, 2.05) is 61.5 Å². The lowest BCUT2D eigenvalue weighted by atomic mass is 10.00. The highest BCUT2D eigenvalue weighted by Crippen LogP contribution is 2.20. The first-order valence-electron chi connectivity index (χ1n) is 18.4. The Morgan fingerprint density at radius 3 is 1.67 bits per heavy atom. The number of nitrogens with zero attached hydrogens (tertiary/aromatic N) is 1. The minimum absolute atomic E-state index is 0.00354. The zero-order valence-electron chi connectivity index (χ0n) is 30.8. The third kappa shape index (κ3) is 14.7. The topological polar surface area (TPSA) is 244 Å². The molecule has 4 amide bonds. The van der Waals surface area contributed by atoms with Crippen LogP contribution in [-0.2, 0) is 25.6 Å². The fourth-order valence-electron chi connectivity index (χ4n) is 5.76. The predicted molar refractivity (Wildman–Crippen MR) is 209 cm³/mol. The Balaban J connectivity index is 1.78. The highest BCUT2D eigenvalue weighted by molar-refractivity contribution is 5.99. The number of rotatable bonds is 23. The molecule has 3 aromatic rings. The second kappa shape index (κ2) is 23.0. The molecule has 0 bridgehead atoms. The molecular weight excluding hydrogens is 688 g/mol. The maximum atomic E-state index is 13.9. The van der Waals surface area contributed by atoms with Crippen molar-refractivity contribution < 1.29 is 29.1 Å². The number of benzene rings is 3. The molecule has 290 valence electrons. The van der Waals surface area contributed by atoms with E-state index in [0.717, 1.165) is 17.5 Å². The van der Waals surface area contributed by atoms with Gasteiger partial charge in [0.25, 0.3) is 5.91 Å². The Morgan fingerprint density at radius 2 is 1.13 bits per heavy atom. The Bertz CT molecular complexity index is 1670. The number of nitrogens with two attached hydrogens (primary N) is 3. The van der Waals surface area contributed by atoms with Crippen LogP contribution in [-0.4, -0.2) is 77.9 Å². The number of nitrogens with one attached hydrogen (secondary N) is 4. The first-order chi connectivity index (χ1) is 26.0. The van der Waals surface area contributed by atoms with Gasteiger partial charge in [-0.2, -0.15) is 0 Å². The van der Waals surface area contributed by atoms with Crippen LogP contribution in [0.1, 0.15) is 74.2 Å². The van der Waals surface area contributed by atoms with Crippen LogP contribution in [0, 0.1) is 0 Å². The molecule has 3 aromatic carbocycles. The van der Waals surface area contributed by atoms with E-state index >= 15 is 0 Å². The van der Waals surface area contributed by atoms with Crippen molar-refractivity contribution in [2.24, 2.45) is 22.2 Å². The number of aliphatic carboxylic acids is 1. The SMILES string of the molecule is CCCC[C@H](NC(=O)c1ccccc1)C(=O)N[C@@H](CCCCN)C(=O)N[C@@H](CCCN=C(N)N)C(=O)N[C@@H](Cc1ccc(-c2ccccc2)cc1)C(=O)O. The van der Waals surface area contributed by atoms with Gasteiger partial charge in [-0.15, -0.1) is 0 Å². The van der Waals surface area contributed by atoms with Gasteiger partial charge in [0.05, 0.1) is 0 Å². The van der Waals surface area contributed by atoms with Gasteiger partial charge in [-0.1, -0.05) is 92.6 Å². The number of carboxylic acid groups (broad SMARTS) is 1. The Labute approximate surface area is 316 Å². The van der Waals surface area contributed by atoms with Gasteiger partial charge in [-0.05, 0) is 73.9 Å². The third-order valence-corrected chi connectivity index (χ3v) is 8.78. The summed E-state index contributed by atoms with van der Waals surface area (Å²) in [6.07, 6.45) is 3.41. The summed E-state index contributed by atoms with van der Waals surface area (Å²) in [7, 11) is 0. The van der Waals surface area contributed by atoms with E-state index in [2.05, 4.69) is 26.3 Å². The van der Waals surface area contributed by atoms with E-state index in [1.54, 1.807) is 30.3 Å². The van der Waals surface area contributed by atoms with Gasteiger partial charge < -0.3 is 43.6 Å². The number of carbonyl (C=O) groups excluding carboxylic acids is 4. The summed E-state index contributed by atoms with van der Waals surface area (Å²) in [5, 5.41) is 21.0. The van der Waals surface area contributed by atoms with Crippen LogP contribution in [0.5, 0.6) is 0 Å². The van der Waals surface area contributed by atoms with Crippen molar-refractivity contribution in [1.82, 2.24) is 21.3 Å². The number of hydrogen-bond donors (Lipinski definition) is 8. The van der Waals surface area contributed by atoms with Crippen LogP contribution in [0.2, 0.25) is 0 Å². The number of hydrogen-bond acceptors (Lipinski definition) is 7. The highest BCUT2D eigenvalue weighted by Gasteiger charge is 2.31. The largest absolute Gasteiger partial charge is 0.480 e. The summed E-state index contributed by atoms with van der Waals surface area (Å²) in [5.74, 6) is -3.71. The van der Waals surface area contributed by atoms with Crippen molar-refractivity contribution in [3.05, 3.63) is 96.1 Å². The fraction of sp³-hybridized carbons (Fsp3) is 0.400. The number of unbranched alkanes of at least 4 members (excludes halogenated alkanes) is 2. The van der Waals surface area contributed by atoms with Crippen molar-refractivity contribution in [2.45, 2.75) is 88.9 Å². The van der Waals surface area contributed by atoms with E-state index in [4.69, 9.17) is 17.2 Å².